The van der Waals surface area contributed by atoms with Crippen LogP contribution in [-0.4, -0.2) is 31.1 Å². The number of nitrogens with zero attached hydrogens (tertiary/aromatic N) is 1. The second-order valence-corrected chi connectivity index (χ2v) is 4.60. The molecule has 0 bridgehead atoms. The molecule has 1 aromatic rings. The molecule has 0 unspecified atom stereocenters. The van der Waals surface area contributed by atoms with Crippen LogP contribution in [0, 0.1) is 5.41 Å². The number of carbonyl (C=O) groups is 1. The fourth-order valence-corrected chi connectivity index (χ4v) is 1.52. The quantitative estimate of drug-likeness (QED) is 0.807. The number of ether oxygens (including phenoxy) is 1. The average Bonchev–Trinajstić information content (AvgIpc) is 2.37. The fourth-order valence-electron chi connectivity index (χ4n) is 1.52. The normalized spacial score (nSPS) is 10.9. The lowest BCUT2D eigenvalue weighted by Gasteiger charge is -2.23. The molecule has 0 aliphatic rings. The van der Waals surface area contributed by atoms with Crippen molar-refractivity contribution in [2.45, 2.75) is 20.8 Å². The zero-order valence-corrected chi connectivity index (χ0v) is 11.4. The molecular weight excluding hydrogens is 230 g/mol. The molecule has 0 saturated heterocycles. The van der Waals surface area contributed by atoms with Gasteiger partial charge in [-0.1, -0.05) is 0 Å². The van der Waals surface area contributed by atoms with Crippen molar-refractivity contribution in [2.24, 2.45) is 5.41 Å². The summed E-state index contributed by atoms with van der Waals surface area (Å²) in [6, 6.07) is 3.67. The number of anilines is 1. The predicted octanol–water partition coefficient (Wildman–Crippen LogP) is 1.66. The first-order valence-electron chi connectivity index (χ1n) is 6.05. The van der Waals surface area contributed by atoms with Crippen molar-refractivity contribution in [3.8, 4) is 5.75 Å². The number of rotatable bonds is 6. The van der Waals surface area contributed by atoms with Crippen LogP contribution in [0.1, 0.15) is 20.8 Å². The molecule has 0 atom stereocenters. The maximum Gasteiger partial charge on any atom is 0.227 e. The van der Waals surface area contributed by atoms with Crippen molar-refractivity contribution in [1.29, 1.82) is 0 Å². The molecule has 0 saturated carbocycles. The summed E-state index contributed by atoms with van der Waals surface area (Å²) in [5.41, 5.74) is -0.504. The molecule has 5 heteroatoms. The van der Waals surface area contributed by atoms with E-state index in [4.69, 9.17) is 4.74 Å². The lowest BCUT2D eigenvalue weighted by atomic mass is 9.92. The topological polar surface area (TPSA) is 63.2 Å². The monoisotopic (exact) mass is 251 g/mol. The van der Waals surface area contributed by atoms with Crippen molar-refractivity contribution >= 4 is 11.7 Å². The van der Waals surface area contributed by atoms with Crippen molar-refractivity contribution in [3.63, 3.8) is 0 Å². The molecular formula is C13H21N3O2. The summed E-state index contributed by atoms with van der Waals surface area (Å²) >= 11 is 0. The molecule has 0 fully saturated rings. The summed E-state index contributed by atoms with van der Waals surface area (Å²) in [5, 5.41) is 5.81. The van der Waals surface area contributed by atoms with Crippen LogP contribution >= 0.6 is 0 Å². The summed E-state index contributed by atoms with van der Waals surface area (Å²) < 4.78 is 5.46. The van der Waals surface area contributed by atoms with Crippen LogP contribution in [0.3, 0.4) is 0 Å². The minimum Gasteiger partial charge on any atom is -0.490 e. The molecule has 5 nitrogen and oxygen atoms in total. The van der Waals surface area contributed by atoms with Crippen LogP contribution < -0.4 is 15.4 Å². The van der Waals surface area contributed by atoms with Gasteiger partial charge in [-0.05, 0) is 32.9 Å². The van der Waals surface area contributed by atoms with E-state index in [0.717, 1.165) is 0 Å². The van der Waals surface area contributed by atoms with Crippen molar-refractivity contribution in [1.82, 2.24) is 10.3 Å². The molecule has 1 heterocycles. The minimum absolute atomic E-state index is 0.0103. The van der Waals surface area contributed by atoms with Gasteiger partial charge in [0.25, 0.3) is 0 Å². The van der Waals surface area contributed by atoms with Crippen LogP contribution in [0.4, 0.5) is 5.82 Å². The third-order valence-electron chi connectivity index (χ3n) is 2.61. The van der Waals surface area contributed by atoms with Gasteiger partial charge in [-0.25, -0.2) is 4.98 Å². The molecule has 18 heavy (non-hydrogen) atoms. The Morgan fingerprint density at radius 1 is 1.50 bits per heavy atom. The molecule has 1 amide bonds. The van der Waals surface area contributed by atoms with Crippen molar-refractivity contribution in [2.75, 3.05) is 25.5 Å². The summed E-state index contributed by atoms with van der Waals surface area (Å²) in [7, 11) is 1.64. The van der Waals surface area contributed by atoms with E-state index in [2.05, 4.69) is 15.6 Å². The number of amides is 1. The second kappa shape index (κ2) is 6.23. The summed E-state index contributed by atoms with van der Waals surface area (Å²) in [6.45, 7) is 6.75. The number of hydrogen-bond donors (Lipinski definition) is 2. The predicted molar refractivity (Wildman–Crippen MR) is 71.7 cm³/mol. The van der Waals surface area contributed by atoms with Gasteiger partial charge in [0.05, 0.1) is 12.0 Å². The highest BCUT2D eigenvalue weighted by molar-refractivity contribution is 5.82. The van der Waals surface area contributed by atoms with Gasteiger partial charge in [0.15, 0.2) is 11.6 Å². The lowest BCUT2D eigenvalue weighted by Crippen LogP contribution is -2.39. The molecule has 1 rings (SSSR count). The Kier molecular flexibility index (Phi) is 4.95. The Labute approximate surface area is 108 Å². The third kappa shape index (κ3) is 3.61. The van der Waals surface area contributed by atoms with Gasteiger partial charge in [-0.3, -0.25) is 4.79 Å². The molecule has 0 aromatic carbocycles. The second-order valence-electron chi connectivity index (χ2n) is 4.60. The summed E-state index contributed by atoms with van der Waals surface area (Å²) in [6.07, 6.45) is 1.69. The molecule has 0 aliphatic heterocycles. The number of pyridine rings is 1. The van der Waals surface area contributed by atoms with E-state index in [1.807, 2.05) is 32.9 Å². The first-order chi connectivity index (χ1) is 8.51. The minimum atomic E-state index is -0.504. The first-order valence-corrected chi connectivity index (χ1v) is 6.05. The Morgan fingerprint density at radius 3 is 2.83 bits per heavy atom. The number of aromatic nitrogens is 1. The summed E-state index contributed by atoms with van der Waals surface area (Å²) in [4.78, 5) is 15.9. The van der Waals surface area contributed by atoms with E-state index in [-0.39, 0.29) is 5.91 Å². The lowest BCUT2D eigenvalue weighted by molar-refractivity contribution is -0.128. The smallest absolute Gasteiger partial charge is 0.227 e. The molecule has 0 radical (unpaired) electrons. The summed E-state index contributed by atoms with van der Waals surface area (Å²) in [5.74, 6) is 1.35. The van der Waals surface area contributed by atoms with Gasteiger partial charge in [-0.15, -0.1) is 0 Å². The van der Waals surface area contributed by atoms with Gasteiger partial charge in [-0.2, -0.15) is 0 Å². The van der Waals surface area contributed by atoms with E-state index >= 15 is 0 Å². The zero-order valence-electron chi connectivity index (χ0n) is 11.4. The molecule has 1 aromatic heterocycles. The van der Waals surface area contributed by atoms with Crippen molar-refractivity contribution in [3.05, 3.63) is 18.3 Å². The highest BCUT2D eigenvalue weighted by atomic mass is 16.5. The van der Waals surface area contributed by atoms with E-state index in [1.54, 1.807) is 13.2 Å². The fraction of sp³-hybridized carbons (Fsp3) is 0.538. The number of hydrogen-bond acceptors (Lipinski definition) is 4. The van der Waals surface area contributed by atoms with E-state index in [1.165, 1.54) is 0 Å². The largest absolute Gasteiger partial charge is 0.490 e. The maximum atomic E-state index is 11.7. The Bertz CT molecular complexity index is 405. The van der Waals surface area contributed by atoms with Gasteiger partial charge < -0.3 is 15.4 Å². The van der Waals surface area contributed by atoms with Gasteiger partial charge >= 0.3 is 0 Å². The molecule has 100 valence electrons. The van der Waals surface area contributed by atoms with Gasteiger partial charge in [0.2, 0.25) is 5.91 Å². The van der Waals surface area contributed by atoms with Crippen LogP contribution in [-0.2, 0) is 4.79 Å². The van der Waals surface area contributed by atoms with Crippen molar-refractivity contribution < 1.29 is 9.53 Å². The Hall–Kier alpha value is -1.78. The van der Waals surface area contributed by atoms with Crippen LogP contribution in [0.15, 0.2) is 18.3 Å². The Morgan fingerprint density at radius 2 is 2.22 bits per heavy atom. The van der Waals surface area contributed by atoms with Crippen LogP contribution in [0.25, 0.3) is 0 Å². The average molecular weight is 251 g/mol. The standard InChI is InChI=1S/C13H21N3O2/c1-5-18-10-7-6-8-15-11(10)16-9-13(2,3)12(17)14-4/h6-8H,5,9H2,1-4H3,(H,14,17)(H,15,16). The number of nitrogens with one attached hydrogen (secondary N) is 2. The van der Waals surface area contributed by atoms with Crippen LogP contribution in [0.5, 0.6) is 5.75 Å². The van der Waals surface area contributed by atoms with Crippen LogP contribution in [0.2, 0.25) is 0 Å². The Balaban J connectivity index is 2.71. The third-order valence-corrected chi connectivity index (χ3v) is 2.61. The highest BCUT2D eigenvalue weighted by Crippen LogP contribution is 2.23. The number of carbonyl (C=O) groups excluding carboxylic acids is 1. The molecule has 2 N–H and O–H groups in total. The van der Waals surface area contributed by atoms with E-state index in [9.17, 15) is 4.79 Å². The van der Waals surface area contributed by atoms with E-state index < -0.39 is 5.41 Å². The highest BCUT2D eigenvalue weighted by Gasteiger charge is 2.26. The van der Waals surface area contributed by atoms with Gasteiger partial charge in [0.1, 0.15) is 0 Å². The first kappa shape index (κ1) is 14.3. The molecule has 0 spiro atoms. The SMILES string of the molecule is CCOc1cccnc1NCC(C)(C)C(=O)NC. The maximum absolute atomic E-state index is 11.7. The van der Waals surface area contributed by atoms with Gasteiger partial charge in [0, 0.05) is 19.8 Å². The molecule has 0 aliphatic carbocycles. The zero-order chi connectivity index (χ0) is 13.6. The van der Waals surface area contributed by atoms with E-state index in [0.29, 0.717) is 24.7 Å².